The first-order valence-electron chi connectivity index (χ1n) is 4.90. The molecule has 2 unspecified atom stereocenters. The lowest BCUT2D eigenvalue weighted by atomic mass is 10.0. The molecule has 0 spiro atoms. The Balaban J connectivity index is 2.61. The highest BCUT2D eigenvalue weighted by Gasteiger charge is 2.34. The molecule has 1 aliphatic heterocycles. The van der Waals surface area contributed by atoms with Gasteiger partial charge < -0.3 is 10.6 Å². The Hall–Kier alpha value is -0.570. The average molecular weight is 184 g/mol. The lowest BCUT2D eigenvalue weighted by Gasteiger charge is -2.25. The molecule has 2 N–H and O–H groups in total. The molecular weight excluding hydrogens is 164 g/mol. The fraction of sp³-hybridized carbons (Fsp3) is 0.900. The third-order valence-electron chi connectivity index (χ3n) is 2.83. The highest BCUT2D eigenvalue weighted by atomic mass is 16.2. The molecular formula is C10H20N2O. The van der Waals surface area contributed by atoms with Gasteiger partial charge in [-0.1, -0.05) is 13.8 Å². The van der Waals surface area contributed by atoms with Crippen molar-refractivity contribution in [2.45, 2.75) is 33.2 Å². The van der Waals surface area contributed by atoms with Crippen LogP contribution in [0.15, 0.2) is 0 Å². The van der Waals surface area contributed by atoms with Gasteiger partial charge in [0.25, 0.3) is 0 Å². The largest absolute Gasteiger partial charge is 0.341 e. The van der Waals surface area contributed by atoms with Gasteiger partial charge in [0.15, 0.2) is 0 Å². The molecule has 0 aliphatic carbocycles. The molecule has 3 nitrogen and oxygen atoms in total. The van der Waals surface area contributed by atoms with Crippen molar-refractivity contribution in [1.29, 1.82) is 0 Å². The summed E-state index contributed by atoms with van der Waals surface area (Å²) in [6.45, 7) is 9.62. The predicted molar refractivity (Wildman–Crippen MR) is 53.2 cm³/mol. The zero-order valence-corrected chi connectivity index (χ0v) is 9.00. The molecule has 0 bridgehead atoms. The van der Waals surface area contributed by atoms with Crippen LogP contribution in [0.3, 0.4) is 0 Å². The van der Waals surface area contributed by atoms with E-state index in [-0.39, 0.29) is 5.91 Å². The Morgan fingerprint density at radius 2 is 1.69 bits per heavy atom. The van der Waals surface area contributed by atoms with Crippen LogP contribution in [-0.2, 0) is 4.79 Å². The minimum Gasteiger partial charge on any atom is -0.341 e. The van der Waals surface area contributed by atoms with Gasteiger partial charge in [0.2, 0.25) is 5.91 Å². The van der Waals surface area contributed by atoms with Gasteiger partial charge in [0.05, 0.1) is 5.54 Å². The maximum absolute atomic E-state index is 11.8. The number of nitrogens with two attached hydrogens (primary N) is 1. The zero-order chi connectivity index (χ0) is 10.2. The van der Waals surface area contributed by atoms with Crippen LogP contribution in [0, 0.1) is 11.8 Å². The van der Waals surface area contributed by atoms with Crippen LogP contribution in [0.1, 0.15) is 27.7 Å². The normalized spacial score (nSPS) is 29.5. The Labute approximate surface area is 80.3 Å². The van der Waals surface area contributed by atoms with Gasteiger partial charge in [-0.25, -0.2) is 0 Å². The van der Waals surface area contributed by atoms with Crippen molar-refractivity contribution < 1.29 is 4.79 Å². The Morgan fingerprint density at radius 3 is 2.00 bits per heavy atom. The molecule has 0 saturated carbocycles. The number of hydrogen-bond acceptors (Lipinski definition) is 2. The molecule has 1 rings (SSSR count). The highest BCUT2D eigenvalue weighted by Crippen LogP contribution is 2.23. The Kier molecular flexibility index (Phi) is 2.66. The maximum Gasteiger partial charge on any atom is 0.242 e. The van der Waals surface area contributed by atoms with E-state index < -0.39 is 5.54 Å². The van der Waals surface area contributed by atoms with Gasteiger partial charge in [-0.3, -0.25) is 4.79 Å². The number of carbonyl (C=O) groups is 1. The quantitative estimate of drug-likeness (QED) is 0.656. The average Bonchev–Trinajstić information content (AvgIpc) is 2.29. The lowest BCUT2D eigenvalue weighted by molar-refractivity contribution is -0.134. The van der Waals surface area contributed by atoms with Gasteiger partial charge in [-0.15, -0.1) is 0 Å². The van der Waals surface area contributed by atoms with E-state index in [1.165, 1.54) is 0 Å². The minimum absolute atomic E-state index is 0.0729. The zero-order valence-electron chi connectivity index (χ0n) is 9.00. The molecule has 76 valence electrons. The fourth-order valence-electron chi connectivity index (χ4n) is 1.70. The molecule has 0 aromatic rings. The number of carbonyl (C=O) groups excluding carboxylic acids is 1. The van der Waals surface area contributed by atoms with E-state index in [1.807, 2.05) is 4.90 Å². The number of hydrogen-bond donors (Lipinski definition) is 1. The molecule has 1 fully saturated rings. The second kappa shape index (κ2) is 3.29. The van der Waals surface area contributed by atoms with Crippen molar-refractivity contribution in [2.24, 2.45) is 17.6 Å². The lowest BCUT2D eigenvalue weighted by Crippen LogP contribution is -2.50. The standard InChI is InChI=1S/C10H20N2O/c1-7-5-12(6-8(7)2)9(13)10(3,4)11/h7-8H,5-6,11H2,1-4H3. The van der Waals surface area contributed by atoms with Crippen molar-refractivity contribution >= 4 is 5.91 Å². The topological polar surface area (TPSA) is 46.3 Å². The molecule has 0 aromatic heterocycles. The van der Waals surface area contributed by atoms with Gasteiger partial charge in [-0.05, 0) is 25.7 Å². The molecule has 1 aliphatic rings. The Morgan fingerprint density at radius 1 is 1.31 bits per heavy atom. The van der Waals surface area contributed by atoms with Crippen LogP contribution in [0.2, 0.25) is 0 Å². The maximum atomic E-state index is 11.8. The molecule has 2 atom stereocenters. The monoisotopic (exact) mass is 184 g/mol. The van der Waals surface area contributed by atoms with Crippen molar-refractivity contribution in [1.82, 2.24) is 4.90 Å². The Bertz CT molecular complexity index is 197. The van der Waals surface area contributed by atoms with Crippen molar-refractivity contribution in [3.63, 3.8) is 0 Å². The van der Waals surface area contributed by atoms with E-state index in [1.54, 1.807) is 13.8 Å². The molecule has 1 saturated heterocycles. The molecule has 0 radical (unpaired) electrons. The van der Waals surface area contributed by atoms with E-state index in [0.717, 1.165) is 13.1 Å². The van der Waals surface area contributed by atoms with Gasteiger partial charge in [-0.2, -0.15) is 0 Å². The van der Waals surface area contributed by atoms with Crippen LogP contribution in [0.25, 0.3) is 0 Å². The SMILES string of the molecule is CC1CN(C(=O)C(C)(C)N)CC1C. The predicted octanol–water partition coefficient (Wildman–Crippen LogP) is 0.838. The highest BCUT2D eigenvalue weighted by molar-refractivity contribution is 5.85. The summed E-state index contributed by atoms with van der Waals surface area (Å²) in [7, 11) is 0. The molecule has 1 heterocycles. The van der Waals surface area contributed by atoms with Crippen LogP contribution >= 0.6 is 0 Å². The van der Waals surface area contributed by atoms with Crippen LogP contribution < -0.4 is 5.73 Å². The minimum atomic E-state index is -0.718. The number of likely N-dealkylation sites (tertiary alicyclic amines) is 1. The van der Waals surface area contributed by atoms with Crippen LogP contribution in [0.4, 0.5) is 0 Å². The van der Waals surface area contributed by atoms with Gasteiger partial charge >= 0.3 is 0 Å². The fourth-order valence-corrected chi connectivity index (χ4v) is 1.70. The first-order chi connectivity index (χ1) is 5.82. The summed E-state index contributed by atoms with van der Waals surface area (Å²) in [5.41, 5.74) is 5.04. The smallest absolute Gasteiger partial charge is 0.242 e. The molecule has 13 heavy (non-hydrogen) atoms. The molecule has 1 amide bonds. The second-order valence-electron chi connectivity index (χ2n) is 4.89. The summed E-state index contributed by atoms with van der Waals surface area (Å²) >= 11 is 0. The number of rotatable bonds is 1. The van der Waals surface area contributed by atoms with E-state index >= 15 is 0 Å². The number of amides is 1. The third kappa shape index (κ3) is 2.21. The summed E-state index contributed by atoms with van der Waals surface area (Å²) < 4.78 is 0. The third-order valence-corrected chi connectivity index (χ3v) is 2.83. The second-order valence-corrected chi connectivity index (χ2v) is 4.89. The number of nitrogens with zero attached hydrogens (tertiary/aromatic N) is 1. The van der Waals surface area contributed by atoms with E-state index in [2.05, 4.69) is 13.8 Å². The van der Waals surface area contributed by atoms with Crippen LogP contribution in [-0.4, -0.2) is 29.4 Å². The summed E-state index contributed by atoms with van der Waals surface area (Å²) in [5, 5.41) is 0. The van der Waals surface area contributed by atoms with Crippen LogP contribution in [0.5, 0.6) is 0 Å². The molecule has 3 heteroatoms. The molecule has 0 aromatic carbocycles. The first kappa shape index (κ1) is 10.5. The van der Waals surface area contributed by atoms with E-state index in [9.17, 15) is 4.79 Å². The van der Waals surface area contributed by atoms with Crippen molar-refractivity contribution in [3.8, 4) is 0 Å². The van der Waals surface area contributed by atoms with Gasteiger partial charge in [0.1, 0.15) is 0 Å². The van der Waals surface area contributed by atoms with E-state index in [0.29, 0.717) is 11.8 Å². The summed E-state index contributed by atoms with van der Waals surface area (Å²) in [6, 6.07) is 0. The van der Waals surface area contributed by atoms with Crippen molar-refractivity contribution in [2.75, 3.05) is 13.1 Å². The van der Waals surface area contributed by atoms with Crippen molar-refractivity contribution in [3.05, 3.63) is 0 Å². The van der Waals surface area contributed by atoms with E-state index in [4.69, 9.17) is 5.73 Å². The summed E-state index contributed by atoms with van der Waals surface area (Å²) in [6.07, 6.45) is 0. The summed E-state index contributed by atoms with van der Waals surface area (Å²) in [4.78, 5) is 13.6. The van der Waals surface area contributed by atoms with Gasteiger partial charge in [0, 0.05) is 13.1 Å². The summed E-state index contributed by atoms with van der Waals surface area (Å²) in [5.74, 6) is 1.28. The first-order valence-corrected chi connectivity index (χ1v) is 4.90.